The molecule has 0 bridgehead atoms. The summed E-state index contributed by atoms with van der Waals surface area (Å²) in [5, 5.41) is 0. The Kier molecular flexibility index (Phi) is 4.61. The van der Waals surface area contributed by atoms with Crippen molar-refractivity contribution in [2.75, 3.05) is 31.2 Å². The van der Waals surface area contributed by atoms with Crippen molar-refractivity contribution >= 4 is 17.5 Å². The molecular formula is C19H24N2O4. The molecule has 2 saturated heterocycles. The maximum Gasteiger partial charge on any atom is 0.260 e. The third-order valence-corrected chi connectivity index (χ3v) is 5.37. The highest BCUT2D eigenvalue weighted by Crippen LogP contribution is 2.30. The molecule has 1 aromatic carbocycles. The number of amides is 2. The van der Waals surface area contributed by atoms with E-state index in [1.165, 1.54) is 0 Å². The Labute approximate surface area is 147 Å². The normalized spacial score (nSPS) is 26.0. The fourth-order valence-electron chi connectivity index (χ4n) is 4.13. The number of benzene rings is 1. The number of fused-ring (bicyclic) bond motifs is 1. The van der Waals surface area contributed by atoms with E-state index in [2.05, 4.69) is 0 Å². The average Bonchev–Trinajstić information content (AvgIpc) is 3.28. The second-order valence-electron chi connectivity index (χ2n) is 6.93. The number of carbonyl (C=O) groups is 2. The van der Waals surface area contributed by atoms with Gasteiger partial charge in [-0.2, -0.15) is 0 Å². The van der Waals surface area contributed by atoms with Gasteiger partial charge in [0.15, 0.2) is 6.61 Å². The first kappa shape index (κ1) is 16.4. The molecule has 0 radical (unpaired) electrons. The lowest BCUT2D eigenvalue weighted by atomic mass is 10.1. The molecule has 1 aromatic rings. The molecule has 6 heteroatoms. The highest BCUT2D eigenvalue weighted by molar-refractivity contribution is 5.95. The van der Waals surface area contributed by atoms with Crippen LogP contribution in [0, 0.1) is 0 Å². The molecule has 1 aliphatic carbocycles. The van der Waals surface area contributed by atoms with Crippen LogP contribution in [0.4, 0.5) is 5.69 Å². The molecular weight excluding hydrogens is 320 g/mol. The molecule has 0 spiro atoms. The average molecular weight is 344 g/mol. The number of hydrogen-bond donors (Lipinski definition) is 0. The van der Waals surface area contributed by atoms with Crippen molar-refractivity contribution in [2.24, 2.45) is 0 Å². The van der Waals surface area contributed by atoms with Gasteiger partial charge in [-0.3, -0.25) is 9.59 Å². The van der Waals surface area contributed by atoms with Crippen LogP contribution in [0.2, 0.25) is 0 Å². The summed E-state index contributed by atoms with van der Waals surface area (Å²) < 4.78 is 11.5. The lowest BCUT2D eigenvalue weighted by Crippen LogP contribution is -2.52. The van der Waals surface area contributed by atoms with Crippen molar-refractivity contribution in [3.63, 3.8) is 0 Å². The van der Waals surface area contributed by atoms with E-state index in [0.717, 1.165) is 37.9 Å². The highest BCUT2D eigenvalue weighted by atomic mass is 16.5. The summed E-state index contributed by atoms with van der Waals surface area (Å²) in [6, 6.07) is 7.65. The standard InChI is InChI=1S/C19H24N2O4/c22-18-8-3-9-20(18)14-4-1-5-15(12-14)25-13-19(23)21-10-11-24-17-7-2-6-16(17)21/h1,4-5,12,16-17H,2-3,6-11,13H2/t16-,17+/m1/s1. The van der Waals surface area contributed by atoms with Crippen LogP contribution in [0.15, 0.2) is 24.3 Å². The fraction of sp³-hybridized carbons (Fsp3) is 0.579. The van der Waals surface area contributed by atoms with Crippen LogP contribution in [0.1, 0.15) is 32.1 Å². The number of morpholine rings is 1. The highest BCUT2D eigenvalue weighted by Gasteiger charge is 2.38. The monoisotopic (exact) mass is 344 g/mol. The van der Waals surface area contributed by atoms with Crippen molar-refractivity contribution in [1.29, 1.82) is 0 Å². The Balaban J connectivity index is 1.38. The third-order valence-electron chi connectivity index (χ3n) is 5.37. The van der Waals surface area contributed by atoms with Gasteiger partial charge in [0.2, 0.25) is 5.91 Å². The fourth-order valence-corrected chi connectivity index (χ4v) is 4.13. The molecule has 134 valence electrons. The topological polar surface area (TPSA) is 59.1 Å². The van der Waals surface area contributed by atoms with Gasteiger partial charge in [0.25, 0.3) is 5.91 Å². The van der Waals surface area contributed by atoms with Crippen LogP contribution in [-0.2, 0) is 14.3 Å². The van der Waals surface area contributed by atoms with E-state index in [-0.39, 0.29) is 30.6 Å². The van der Waals surface area contributed by atoms with Gasteiger partial charge < -0.3 is 19.3 Å². The number of anilines is 1. The van der Waals surface area contributed by atoms with Crippen molar-refractivity contribution in [2.45, 2.75) is 44.2 Å². The molecule has 3 aliphatic rings. The zero-order chi connectivity index (χ0) is 17.2. The third kappa shape index (κ3) is 3.35. The molecule has 25 heavy (non-hydrogen) atoms. The first-order valence-electron chi connectivity index (χ1n) is 9.17. The summed E-state index contributed by atoms with van der Waals surface area (Å²) >= 11 is 0. The second kappa shape index (κ2) is 7.04. The molecule has 6 nitrogen and oxygen atoms in total. The Bertz CT molecular complexity index is 663. The molecule has 2 heterocycles. The maximum absolute atomic E-state index is 12.6. The van der Waals surface area contributed by atoms with Gasteiger partial charge in [-0.05, 0) is 37.8 Å². The SMILES string of the molecule is O=C1CCCN1c1cccc(OCC(=O)N2CCO[C@H]3CCC[C@H]32)c1. The van der Waals surface area contributed by atoms with Gasteiger partial charge in [0.1, 0.15) is 5.75 Å². The number of hydrogen-bond acceptors (Lipinski definition) is 4. The number of ether oxygens (including phenoxy) is 2. The molecule has 0 aromatic heterocycles. The Morgan fingerprint density at radius 1 is 1.24 bits per heavy atom. The molecule has 0 N–H and O–H groups in total. The van der Waals surface area contributed by atoms with Gasteiger partial charge in [-0.1, -0.05) is 6.07 Å². The number of rotatable bonds is 4. The minimum atomic E-state index is 0.0165. The molecule has 2 aliphatic heterocycles. The summed E-state index contributed by atoms with van der Waals surface area (Å²) in [6.07, 6.45) is 4.86. The van der Waals surface area contributed by atoms with Crippen LogP contribution >= 0.6 is 0 Å². The summed E-state index contributed by atoms with van der Waals surface area (Å²) in [5.74, 6) is 0.790. The van der Waals surface area contributed by atoms with Crippen LogP contribution in [0.5, 0.6) is 5.75 Å². The molecule has 0 unspecified atom stereocenters. The van der Waals surface area contributed by atoms with Crippen LogP contribution in [0.3, 0.4) is 0 Å². The molecule has 2 amide bonds. The van der Waals surface area contributed by atoms with Gasteiger partial charge in [0, 0.05) is 31.3 Å². The van der Waals surface area contributed by atoms with E-state index in [1.807, 2.05) is 29.2 Å². The van der Waals surface area contributed by atoms with Crippen LogP contribution < -0.4 is 9.64 Å². The molecule has 4 rings (SSSR count). The number of nitrogens with zero attached hydrogens (tertiary/aromatic N) is 2. The van der Waals surface area contributed by atoms with Gasteiger partial charge >= 0.3 is 0 Å². The van der Waals surface area contributed by atoms with E-state index in [4.69, 9.17) is 9.47 Å². The quantitative estimate of drug-likeness (QED) is 0.838. The predicted molar refractivity (Wildman–Crippen MR) is 92.6 cm³/mol. The molecule has 3 fully saturated rings. The zero-order valence-corrected chi connectivity index (χ0v) is 14.4. The van der Waals surface area contributed by atoms with Crippen LogP contribution in [-0.4, -0.2) is 55.2 Å². The lowest BCUT2D eigenvalue weighted by molar-refractivity contribution is -0.146. The van der Waals surface area contributed by atoms with Gasteiger partial charge in [-0.15, -0.1) is 0 Å². The van der Waals surface area contributed by atoms with E-state index < -0.39 is 0 Å². The summed E-state index contributed by atoms with van der Waals surface area (Å²) in [7, 11) is 0. The first-order chi connectivity index (χ1) is 12.2. The van der Waals surface area contributed by atoms with Crippen LogP contribution in [0.25, 0.3) is 0 Å². The lowest BCUT2D eigenvalue weighted by Gasteiger charge is -2.37. The Hall–Kier alpha value is -2.08. The summed E-state index contributed by atoms with van der Waals surface area (Å²) in [6.45, 7) is 2.03. The minimum absolute atomic E-state index is 0.0165. The second-order valence-corrected chi connectivity index (χ2v) is 6.93. The maximum atomic E-state index is 12.6. The zero-order valence-electron chi connectivity index (χ0n) is 14.4. The molecule has 2 atom stereocenters. The Morgan fingerprint density at radius 2 is 2.16 bits per heavy atom. The largest absolute Gasteiger partial charge is 0.484 e. The van der Waals surface area contributed by atoms with Crippen molar-refractivity contribution in [1.82, 2.24) is 4.90 Å². The molecule has 1 saturated carbocycles. The summed E-state index contributed by atoms with van der Waals surface area (Å²) in [5.41, 5.74) is 0.842. The first-order valence-corrected chi connectivity index (χ1v) is 9.17. The Morgan fingerprint density at radius 3 is 3.00 bits per heavy atom. The smallest absolute Gasteiger partial charge is 0.260 e. The minimum Gasteiger partial charge on any atom is -0.484 e. The number of carbonyl (C=O) groups excluding carboxylic acids is 2. The summed E-state index contributed by atoms with van der Waals surface area (Å²) in [4.78, 5) is 28.2. The predicted octanol–water partition coefficient (Wildman–Crippen LogP) is 1.97. The van der Waals surface area contributed by atoms with Crippen molar-refractivity contribution in [3.05, 3.63) is 24.3 Å². The van der Waals surface area contributed by atoms with Crippen molar-refractivity contribution < 1.29 is 19.1 Å². The van der Waals surface area contributed by atoms with Crippen molar-refractivity contribution in [3.8, 4) is 5.75 Å². The van der Waals surface area contributed by atoms with E-state index in [9.17, 15) is 9.59 Å². The van der Waals surface area contributed by atoms with Gasteiger partial charge in [0.05, 0.1) is 18.8 Å². The van der Waals surface area contributed by atoms with Gasteiger partial charge in [-0.25, -0.2) is 0 Å². The van der Waals surface area contributed by atoms with E-state index >= 15 is 0 Å². The van der Waals surface area contributed by atoms with E-state index in [0.29, 0.717) is 25.3 Å². The van der Waals surface area contributed by atoms with E-state index in [1.54, 1.807) is 4.90 Å².